The largest absolute Gasteiger partial charge is 0.488 e. The van der Waals surface area contributed by atoms with Gasteiger partial charge in [0.05, 0.1) is 10.8 Å². The summed E-state index contributed by atoms with van der Waals surface area (Å²) in [5.41, 5.74) is 2.10. The molecule has 2 aliphatic heterocycles. The average molecular weight is 387 g/mol. The highest BCUT2D eigenvalue weighted by Gasteiger charge is 2.30. The summed E-state index contributed by atoms with van der Waals surface area (Å²) in [6, 6.07) is 11.9. The normalized spacial score (nSPS) is 20.2. The van der Waals surface area contributed by atoms with Crippen LogP contribution in [0.2, 0.25) is 0 Å². The minimum atomic E-state index is -1.05. The monoisotopic (exact) mass is 386 g/mol. The molecule has 0 saturated carbocycles. The fourth-order valence-electron chi connectivity index (χ4n) is 3.68. The van der Waals surface area contributed by atoms with Crippen molar-refractivity contribution in [2.75, 3.05) is 39.1 Å². The molecule has 0 radical (unpaired) electrons. The van der Waals surface area contributed by atoms with Crippen LogP contribution < -0.4 is 4.74 Å². The molecule has 1 aromatic carbocycles. The first-order valence-electron chi connectivity index (χ1n) is 9.54. The standard InChI is InChI=1S/C21H26N2O3S/c1-27(24)21-7-4-18(12-22-21)17-2-5-19(6-3-17)26-20-14-23(15-20)13-16-8-10-25-11-9-16/h2-7,12,16,20H,8-11,13-15H2,1H3. The van der Waals surface area contributed by atoms with Gasteiger partial charge in [0.15, 0.2) is 0 Å². The van der Waals surface area contributed by atoms with Crippen molar-refractivity contribution >= 4 is 10.8 Å². The molecule has 1 atom stereocenters. The highest BCUT2D eigenvalue weighted by atomic mass is 32.2. The number of benzene rings is 1. The maximum atomic E-state index is 11.4. The van der Waals surface area contributed by atoms with Crippen LogP contribution in [0.15, 0.2) is 47.6 Å². The SMILES string of the molecule is CS(=O)c1ccc(-c2ccc(OC3CN(CC4CCOCC4)C3)cc2)cn1. The summed E-state index contributed by atoms with van der Waals surface area (Å²) in [4.78, 5) is 6.75. The van der Waals surface area contributed by atoms with Gasteiger partial charge in [0.1, 0.15) is 16.9 Å². The highest BCUT2D eigenvalue weighted by Crippen LogP contribution is 2.25. The van der Waals surface area contributed by atoms with Gasteiger partial charge in [-0.1, -0.05) is 18.2 Å². The fourth-order valence-corrected chi connectivity index (χ4v) is 4.14. The number of hydrogen-bond acceptors (Lipinski definition) is 5. The molecule has 1 unspecified atom stereocenters. The summed E-state index contributed by atoms with van der Waals surface area (Å²) in [5.74, 6) is 1.69. The van der Waals surface area contributed by atoms with Gasteiger partial charge in [-0.2, -0.15) is 0 Å². The summed E-state index contributed by atoms with van der Waals surface area (Å²) in [5, 5.41) is 0.606. The molecule has 27 heavy (non-hydrogen) atoms. The first kappa shape index (κ1) is 18.6. The third kappa shape index (κ3) is 4.75. The average Bonchev–Trinajstić information content (AvgIpc) is 2.68. The molecule has 2 saturated heterocycles. The lowest BCUT2D eigenvalue weighted by molar-refractivity contribution is -0.00910. The van der Waals surface area contributed by atoms with Crippen molar-refractivity contribution in [3.8, 4) is 16.9 Å². The highest BCUT2D eigenvalue weighted by molar-refractivity contribution is 7.84. The minimum absolute atomic E-state index is 0.288. The number of likely N-dealkylation sites (tertiary alicyclic amines) is 1. The van der Waals surface area contributed by atoms with E-state index in [0.29, 0.717) is 5.03 Å². The van der Waals surface area contributed by atoms with Gasteiger partial charge in [-0.25, -0.2) is 4.98 Å². The van der Waals surface area contributed by atoms with Gasteiger partial charge in [0.25, 0.3) is 0 Å². The molecule has 3 heterocycles. The van der Waals surface area contributed by atoms with Crippen molar-refractivity contribution in [3.63, 3.8) is 0 Å². The van der Waals surface area contributed by atoms with Gasteiger partial charge in [-0.3, -0.25) is 9.11 Å². The first-order valence-corrected chi connectivity index (χ1v) is 11.1. The van der Waals surface area contributed by atoms with Crippen LogP contribution in [0.1, 0.15) is 12.8 Å². The van der Waals surface area contributed by atoms with E-state index in [4.69, 9.17) is 9.47 Å². The maximum Gasteiger partial charge on any atom is 0.126 e. The number of ether oxygens (including phenoxy) is 2. The Hall–Kier alpha value is -1.76. The van der Waals surface area contributed by atoms with Gasteiger partial charge in [0, 0.05) is 50.9 Å². The van der Waals surface area contributed by atoms with Gasteiger partial charge >= 0.3 is 0 Å². The Morgan fingerprint density at radius 2 is 1.81 bits per heavy atom. The van der Waals surface area contributed by atoms with Crippen molar-refractivity contribution in [1.29, 1.82) is 0 Å². The van der Waals surface area contributed by atoms with E-state index in [1.807, 2.05) is 36.4 Å². The Kier molecular flexibility index (Phi) is 5.86. The molecule has 6 heteroatoms. The van der Waals surface area contributed by atoms with E-state index in [-0.39, 0.29) is 6.10 Å². The lowest BCUT2D eigenvalue weighted by Gasteiger charge is -2.41. The van der Waals surface area contributed by atoms with Crippen molar-refractivity contribution in [3.05, 3.63) is 42.6 Å². The van der Waals surface area contributed by atoms with E-state index in [2.05, 4.69) is 9.88 Å². The molecule has 0 amide bonds. The van der Waals surface area contributed by atoms with Crippen molar-refractivity contribution in [2.24, 2.45) is 5.92 Å². The van der Waals surface area contributed by atoms with Crippen LogP contribution in [0, 0.1) is 5.92 Å². The molecule has 0 aliphatic carbocycles. The zero-order valence-electron chi connectivity index (χ0n) is 15.7. The third-order valence-electron chi connectivity index (χ3n) is 5.30. The fraction of sp³-hybridized carbons (Fsp3) is 0.476. The maximum absolute atomic E-state index is 11.4. The van der Waals surface area contributed by atoms with E-state index in [9.17, 15) is 4.21 Å². The molecule has 0 bridgehead atoms. The minimum Gasteiger partial charge on any atom is -0.488 e. The van der Waals surface area contributed by atoms with E-state index < -0.39 is 10.8 Å². The van der Waals surface area contributed by atoms with Crippen molar-refractivity contribution < 1.29 is 13.7 Å². The van der Waals surface area contributed by atoms with Gasteiger partial charge in [-0.15, -0.1) is 0 Å². The second kappa shape index (κ2) is 8.50. The Balaban J connectivity index is 1.27. The summed E-state index contributed by atoms with van der Waals surface area (Å²) in [6.45, 7) is 5.03. The summed E-state index contributed by atoms with van der Waals surface area (Å²) < 4.78 is 23.0. The molecule has 0 spiro atoms. The number of hydrogen-bond donors (Lipinski definition) is 0. The predicted molar refractivity (Wildman–Crippen MR) is 106 cm³/mol. The smallest absolute Gasteiger partial charge is 0.126 e. The van der Waals surface area contributed by atoms with Crippen LogP contribution in [-0.2, 0) is 15.5 Å². The van der Waals surface area contributed by atoms with Gasteiger partial charge < -0.3 is 9.47 Å². The van der Waals surface area contributed by atoms with E-state index in [0.717, 1.165) is 49.1 Å². The van der Waals surface area contributed by atoms with Crippen LogP contribution >= 0.6 is 0 Å². The van der Waals surface area contributed by atoms with E-state index in [1.165, 1.54) is 19.4 Å². The Bertz CT molecular complexity index is 767. The molecule has 2 fully saturated rings. The summed E-state index contributed by atoms with van der Waals surface area (Å²) in [6.07, 6.45) is 6.07. The molecule has 2 aliphatic rings. The van der Waals surface area contributed by atoms with E-state index in [1.54, 1.807) is 12.5 Å². The molecule has 5 nitrogen and oxygen atoms in total. The second-order valence-corrected chi connectivity index (χ2v) is 8.70. The zero-order valence-corrected chi connectivity index (χ0v) is 16.5. The van der Waals surface area contributed by atoms with Gasteiger partial charge in [0.2, 0.25) is 0 Å². The molecular weight excluding hydrogens is 360 g/mol. The zero-order chi connectivity index (χ0) is 18.6. The van der Waals surface area contributed by atoms with Crippen molar-refractivity contribution in [1.82, 2.24) is 9.88 Å². The molecule has 2 aromatic rings. The molecular formula is C21H26N2O3S. The molecule has 4 rings (SSSR count). The molecule has 1 aromatic heterocycles. The predicted octanol–water partition coefficient (Wildman–Crippen LogP) is 2.98. The lowest BCUT2D eigenvalue weighted by Crippen LogP contribution is -2.55. The third-order valence-corrected chi connectivity index (χ3v) is 6.13. The van der Waals surface area contributed by atoms with E-state index >= 15 is 0 Å². The molecule has 144 valence electrons. The quantitative estimate of drug-likeness (QED) is 0.764. The number of pyridine rings is 1. The van der Waals surface area contributed by atoms with Crippen LogP contribution in [0.25, 0.3) is 11.1 Å². The van der Waals surface area contributed by atoms with Crippen LogP contribution in [0.5, 0.6) is 5.75 Å². The van der Waals surface area contributed by atoms with Gasteiger partial charge in [-0.05, 0) is 42.5 Å². The van der Waals surface area contributed by atoms with Crippen molar-refractivity contribution in [2.45, 2.75) is 24.0 Å². The Labute approximate surface area is 163 Å². The lowest BCUT2D eigenvalue weighted by atomic mass is 9.98. The Morgan fingerprint density at radius 1 is 1.11 bits per heavy atom. The number of aromatic nitrogens is 1. The number of nitrogens with zero attached hydrogens (tertiary/aromatic N) is 2. The topological polar surface area (TPSA) is 51.7 Å². The Morgan fingerprint density at radius 3 is 2.44 bits per heavy atom. The number of rotatable bonds is 6. The first-order chi connectivity index (χ1) is 13.2. The second-order valence-electron chi connectivity index (χ2n) is 7.38. The van der Waals surface area contributed by atoms with Crippen LogP contribution in [0.3, 0.4) is 0 Å². The molecule has 0 N–H and O–H groups in total. The van der Waals surface area contributed by atoms with Crippen LogP contribution in [-0.4, -0.2) is 59.3 Å². The summed E-state index contributed by atoms with van der Waals surface area (Å²) >= 11 is 0. The summed E-state index contributed by atoms with van der Waals surface area (Å²) in [7, 11) is -1.05. The van der Waals surface area contributed by atoms with Crippen LogP contribution in [0.4, 0.5) is 0 Å².